The Kier molecular flexibility index (Phi) is 6.27. The van der Waals surface area contributed by atoms with Crippen molar-refractivity contribution in [3.63, 3.8) is 0 Å². The fourth-order valence-electron chi connectivity index (χ4n) is 4.87. The Morgan fingerprint density at radius 3 is 2.03 bits per heavy atom. The van der Waals surface area contributed by atoms with Crippen molar-refractivity contribution in [2.24, 2.45) is 5.92 Å². The van der Waals surface area contributed by atoms with Crippen LogP contribution in [0.1, 0.15) is 22.0 Å². The van der Waals surface area contributed by atoms with Crippen LogP contribution in [0.5, 0.6) is 5.75 Å². The lowest BCUT2D eigenvalue weighted by atomic mass is 9.90. The Hall–Kier alpha value is -4.27. The van der Waals surface area contributed by atoms with Gasteiger partial charge in [0.1, 0.15) is 11.7 Å². The van der Waals surface area contributed by atoms with Crippen LogP contribution in [0, 0.1) is 5.92 Å². The van der Waals surface area contributed by atoms with Crippen LogP contribution < -0.4 is 14.7 Å². The highest BCUT2D eigenvalue weighted by molar-refractivity contribution is 9.10. The van der Waals surface area contributed by atoms with Crippen LogP contribution in [-0.4, -0.2) is 23.9 Å². The highest BCUT2D eigenvalue weighted by atomic mass is 79.9. The molecule has 38 heavy (non-hydrogen) atoms. The quantitative estimate of drug-likeness (QED) is 0.174. The van der Waals surface area contributed by atoms with Gasteiger partial charge in [0.25, 0.3) is 5.91 Å². The van der Waals surface area contributed by atoms with Gasteiger partial charge in [-0.1, -0.05) is 64.5 Å². The molecule has 3 atom stereocenters. The first-order valence-electron chi connectivity index (χ1n) is 12.0. The molecule has 2 fully saturated rings. The van der Waals surface area contributed by atoms with Crippen molar-refractivity contribution >= 4 is 45.1 Å². The van der Waals surface area contributed by atoms with E-state index in [1.165, 1.54) is 4.90 Å². The van der Waals surface area contributed by atoms with Crippen molar-refractivity contribution in [2.45, 2.75) is 12.1 Å². The average molecular weight is 569 g/mol. The second kappa shape index (κ2) is 9.89. The predicted molar refractivity (Wildman–Crippen MR) is 145 cm³/mol. The topological polar surface area (TPSA) is 76.2 Å². The Morgan fingerprint density at radius 2 is 1.37 bits per heavy atom. The summed E-state index contributed by atoms with van der Waals surface area (Å²) in [5, 5.41) is 1.63. The zero-order chi connectivity index (χ0) is 26.2. The normalized spacial score (nSPS) is 20.5. The molecule has 0 aliphatic carbocycles. The van der Waals surface area contributed by atoms with Gasteiger partial charge in [-0.2, -0.15) is 0 Å². The number of rotatable bonds is 5. The number of carbonyl (C=O) groups excluding carboxylic acids is 3. The van der Waals surface area contributed by atoms with E-state index < -0.39 is 29.9 Å². The Bertz CT molecular complexity index is 1490. The third kappa shape index (κ3) is 4.27. The van der Waals surface area contributed by atoms with Crippen LogP contribution in [0.15, 0.2) is 114 Å². The van der Waals surface area contributed by atoms with E-state index in [1.807, 2.05) is 36.4 Å². The molecule has 2 saturated heterocycles. The smallest absolute Gasteiger partial charge is 0.343 e. The monoisotopic (exact) mass is 568 g/mol. The lowest BCUT2D eigenvalue weighted by Gasteiger charge is -2.28. The van der Waals surface area contributed by atoms with Gasteiger partial charge in [0, 0.05) is 4.47 Å². The summed E-state index contributed by atoms with van der Waals surface area (Å²) >= 11 is 3.39. The number of para-hydroxylation sites is 1. The van der Waals surface area contributed by atoms with Crippen LogP contribution in [0.2, 0.25) is 0 Å². The molecule has 2 heterocycles. The molecule has 0 unspecified atom stereocenters. The van der Waals surface area contributed by atoms with Gasteiger partial charge < -0.3 is 4.74 Å². The minimum Gasteiger partial charge on any atom is -0.423 e. The molecule has 8 heteroatoms. The largest absolute Gasteiger partial charge is 0.423 e. The fraction of sp³-hybridized carbons (Fsp3) is 0.100. The van der Waals surface area contributed by atoms with Gasteiger partial charge >= 0.3 is 5.97 Å². The van der Waals surface area contributed by atoms with Crippen LogP contribution in [0.4, 0.5) is 11.4 Å². The molecule has 0 radical (unpaired) electrons. The third-order valence-electron chi connectivity index (χ3n) is 6.65. The molecule has 7 nitrogen and oxygen atoms in total. The van der Waals surface area contributed by atoms with Crippen molar-refractivity contribution in [2.75, 3.05) is 9.96 Å². The molecule has 6 rings (SSSR count). The summed E-state index contributed by atoms with van der Waals surface area (Å²) in [7, 11) is 0. The molecule has 0 aromatic heterocycles. The van der Waals surface area contributed by atoms with E-state index in [2.05, 4.69) is 15.9 Å². The van der Waals surface area contributed by atoms with Crippen molar-refractivity contribution in [3.8, 4) is 5.75 Å². The van der Waals surface area contributed by atoms with Gasteiger partial charge in [-0.05, 0) is 66.2 Å². The van der Waals surface area contributed by atoms with E-state index in [0.717, 1.165) is 15.7 Å². The van der Waals surface area contributed by atoms with E-state index in [-0.39, 0.29) is 5.91 Å². The zero-order valence-electron chi connectivity index (χ0n) is 19.9. The molecular weight excluding hydrogens is 548 g/mol. The van der Waals surface area contributed by atoms with E-state index in [1.54, 1.807) is 77.9 Å². The first-order valence-corrected chi connectivity index (χ1v) is 12.8. The van der Waals surface area contributed by atoms with Gasteiger partial charge in [0.15, 0.2) is 6.10 Å². The molecule has 4 aromatic rings. The van der Waals surface area contributed by atoms with E-state index >= 15 is 0 Å². The zero-order valence-corrected chi connectivity index (χ0v) is 21.5. The summed E-state index contributed by atoms with van der Waals surface area (Å²) in [4.78, 5) is 47.0. The van der Waals surface area contributed by atoms with E-state index in [9.17, 15) is 14.4 Å². The number of amides is 2. The maximum atomic E-state index is 13.7. The Morgan fingerprint density at radius 1 is 0.737 bits per heavy atom. The van der Waals surface area contributed by atoms with E-state index in [0.29, 0.717) is 17.0 Å². The predicted octanol–water partition coefficient (Wildman–Crippen LogP) is 5.72. The van der Waals surface area contributed by atoms with Crippen LogP contribution >= 0.6 is 15.9 Å². The summed E-state index contributed by atoms with van der Waals surface area (Å²) < 4.78 is 6.37. The summed E-state index contributed by atoms with van der Waals surface area (Å²) in [6.07, 6.45) is -0.966. The van der Waals surface area contributed by atoms with Crippen molar-refractivity contribution in [3.05, 3.63) is 125 Å². The molecule has 2 aliphatic heterocycles. The maximum Gasteiger partial charge on any atom is 0.343 e. The van der Waals surface area contributed by atoms with Gasteiger partial charge in [0.2, 0.25) is 5.91 Å². The van der Waals surface area contributed by atoms with E-state index in [4.69, 9.17) is 9.57 Å². The maximum absolute atomic E-state index is 13.7. The van der Waals surface area contributed by atoms with Gasteiger partial charge in [-0.25, -0.2) is 14.8 Å². The number of hydroxylamine groups is 1. The van der Waals surface area contributed by atoms with Gasteiger partial charge in [0.05, 0.1) is 23.0 Å². The van der Waals surface area contributed by atoms with Crippen LogP contribution in [0.3, 0.4) is 0 Å². The minimum atomic E-state index is -0.966. The number of hydrogen-bond acceptors (Lipinski definition) is 6. The molecule has 0 bridgehead atoms. The number of fused-ring (bicyclic) bond motifs is 1. The number of anilines is 2. The number of esters is 1. The first kappa shape index (κ1) is 24.1. The fourth-order valence-corrected chi connectivity index (χ4v) is 5.13. The second-order valence-corrected chi connectivity index (χ2v) is 9.89. The molecule has 0 spiro atoms. The van der Waals surface area contributed by atoms with Crippen molar-refractivity contribution in [1.29, 1.82) is 0 Å². The summed E-state index contributed by atoms with van der Waals surface area (Å²) in [5.74, 6) is -1.58. The molecule has 0 saturated carbocycles. The molecular formula is C30H21BrN2O5. The van der Waals surface area contributed by atoms with Gasteiger partial charge in [-0.15, -0.1) is 0 Å². The summed E-state index contributed by atoms with van der Waals surface area (Å²) in [6.45, 7) is 0. The second-order valence-electron chi connectivity index (χ2n) is 8.97. The lowest BCUT2D eigenvalue weighted by Crippen LogP contribution is -2.37. The molecule has 4 aromatic carbocycles. The third-order valence-corrected chi connectivity index (χ3v) is 7.18. The number of carbonyl (C=O) groups is 3. The summed E-state index contributed by atoms with van der Waals surface area (Å²) in [5.41, 5.74) is 2.42. The molecule has 2 aliphatic rings. The number of nitrogens with zero attached hydrogens (tertiary/aromatic N) is 2. The average Bonchev–Trinajstić information content (AvgIpc) is 3.46. The SMILES string of the molecule is O=C(Oc1ccc([C@H]2[C@@H]3C(=O)N(c4ccc(Br)cc4)C(=O)[C@H]3ON2c2ccccc2)cc1)c1ccccc1. The lowest BCUT2D eigenvalue weighted by molar-refractivity contribution is -0.126. The van der Waals surface area contributed by atoms with Crippen molar-refractivity contribution < 1.29 is 24.0 Å². The number of halogens is 1. The number of hydrogen-bond donors (Lipinski definition) is 0. The van der Waals surface area contributed by atoms with Crippen molar-refractivity contribution in [1.82, 2.24) is 0 Å². The highest BCUT2D eigenvalue weighted by Gasteiger charge is 2.60. The molecule has 2 amide bonds. The standard InChI is InChI=1S/C30H21BrN2O5/c31-21-13-15-22(16-14-21)32-28(34)25-26(33(38-27(25)29(32)35)23-9-5-2-6-10-23)19-11-17-24(18-12-19)37-30(36)20-7-3-1-4-8-20/h1-18,25-27H/t25-,26-,27-/m0/s1. The number of imide groups is 1. The number of benzene rings is 4. The Labute approximate surface area is 227 Å². The minimum absolute atomic E-state index is 0.328. The van der Waals surface area contributed by atoms with Gasteiger partial charge in [-0.3, -0.25) is 14.4 Å². The molecule has 0 N–H and O–H groups in total. The highest BCUT2D eigenvalue weighted by Crippen LogP contribution is 2.47. The van der Waals surface area contributed by atoms with Crippen LogP contribution in [-0.2, 0) is 14.4 Å². The summed E-state index contributed by atoms with van der Waals surface area (Å²) in [6, 6.07) is 31.5. The Balaban J connectivity index is 1.32. The first-order chi connectivity index (χ1) is 18.5. The number of ether oxygens (including phenoxy) is 1. The van der Waals surface area contributed by atoms with Crippen LogP contribution in [0.25, 0.3) is 0 Å². The molecule has 188 valence electrons.